The molecule has 1 fully saturated rings. The van der Waals surface area contributed by atoms with E-state index in [0.29, 0.717) is 18.9 Å². The molecule has 30 heavy (non-hydrogen) atoms. The van der Waals surface area contributed by atoms with Gasteiger partial charge in [0.05, 0.1) is 44.0 Å². The summed E-state index contributed by atoms with van der Waals surface area (Å²) in [6.45, 7) is 2.95. The number of rotatable bonds is 4. The molecule has 1 saturated heterocycles. The van der Waals surface area contributed by atoms with E-state index in [1.807, 2.05) is 19.1 Å². The summed E-state index contributed by atoms with van der Waals surface area (Å²) in [7, 11) is -3.89. The van der Waals surface area contributed by atoms with Crippen molar-refractivity contribution < 1.29 is 17.9 Å². The third-order valence-corrected chi connectivity index (χ3v) is 8.22. The molecule has 1 N–H and O–H groups in total. The first-order valence-electron chi connectivity index (χ1n) is 9.01. The third-order valence-electron chi connectivity index (χ3n) is 4.61. The average molecular weight is 486 g/mol. The van der Waals surface area contributed by atoms with Crippen molar-refractivity contribution in [2.45, 2.75) is 11.8 Å². The zero-order valence-electron chi connectivity index (χ0n) is 15.8. The number of carbonyl (C=O) groups is 1. The van der Waals surface area contributed by atoms with Gasteiger partial charge in [-0.1, -0.05) is 23.2 Å². The molecule has 0 saturated carbocycles. The van der Waals surface area contributed by atoms with Crippen LogP contribution in [0.1, 0.15) is 15.4 Å². The number of aryl methyl sites for hydroxylation is 1. The fourth-order valence-corrected chi connectivity index (χ4v) is 6.25. The molecule has 2 aromatic carbocycles. The van der Waals surface area contributed by atoms with Gasteiger partial charge in [0.25, 0.3) is 5.91 Å². The smallest absolute Gasteiger partial charge is 0.257 e. The molecule has 1 aliphatic heterocycles. The van der Waals surface area contributed by atoms with Gasteiger partial charge < -0.3 is 10.1 Å². The molecule has 2 heterocycles. The number of nitrogens with one attached hydrogen (secondary N) is 1. The summed E-state index contributed by atoms with van der Waals surface area (Å²) in [5.74, 6) is -0.532. The van der Waals surface area contributed by atoms with E-state index in [2.05, 4.69) is 10.3 Å². The van der Waals surface area contributed by atoms with E-state index in [1.165, 1.54) is 27.8 Å². The highest BCUT2D eigenvalue weighted by atomic mass is 35.5. The lowest BCUT2D eigenvalue weighted by Crippen LogP contribution is -2.40. The molecule has 0 bridgehead atoms. The predicted molar refractivity (Wildman–Crippen MR) is 118 cm³/mol. The average Bonchev–Trinajstić information content (AvgIpc) is 3.07. The SMILES string of the molecule is Cc1nc2ccc(NC(=O)c3cc(S(=O)(=O)N4CCOCC4)c(Cl)cc3Cl)cc2s1. The van der Waals surface area contributed by atoms with Gasteiger partial charge in [0.2, 0.25) is 10.0 Å². The number of thiazole rings is 1. The fourth-order valence-electron chi connectivity index (χ4n) is 3.14. The summed E-state index contributed by atoms with van der Waals surface area (Å²) in [5, 5.41) is 3.71. The largest absolute Gasteiger partial charge is 0.379 e. The molecule has 1 amide bonds. The van der Waals surface area contributed by atoms with Crippen molar-refractivity contribution in [3.8, 4) is 0 Å². The van der Waals surface area contributed by atoms with Crippen molar-refractivity contribution in [2.24, 2.45) is 0 Å². The van der Waals surface area contributed by atoms with Crippen molar-refractivity contribution in [3.05, 3.63) is 50.9 Å². The first-order chi connectivity index (χ1) is 14.3. The highest BCUT2D eigenvalue weighted by Gasteiger charge is 2.30. The lowest BCUT2D eigenvalue weighted by molar-refractivity contribution is 0.0730. The normalized spacial score (nSPS) is 15.4. The van der Waals surface area contributed by atoms with Gasteiger partial charge in [-0.15, -0.1) is 11.3 Å². The van der Waals surface area contributed by atoms with Gasteiger partial charge in [0.1, 0.15) is 4.90 Å². The number of carbonyl (C=O) groups excluding carboxylic acids is 1. The second-order valence-corrected chi connectivity index (χ2v) is 10.6. The molecule has 0 radical (unpaired) electrons. The first kappa shape index (κ1) is 21.5. The minimum atomic E-state index is -3.89. The van der Waals surface area contributed by atoms with Gasteiger partial charge in [-0.3, -0.25) is 4.79 Å². The Morgan fingerprint density at radius 2 is 1.90 bits per heavy atom. The molecule has 0 spiro atoms. The van der Waals surface area contributed by atoms with Crippen molar-refractivity contribution in [1.29, 1.82) is 0 Å². The molecule has 11 heteroatoms. The molecule has 4 rings (SSSR count). The Bertz CT molecular complexity index is 1240. The Hall–Kier alpha value is -1.75. The molecular formula is C19H17Cl2N3O4S2. The number of nitrogens with zero attached hydrogens (tertiary/aromatic N) is 2. The van der Waals surface area contributed by atoms with Gasteiger partial charge in [-0.05, 0) is 37.3 Å². The van der Waals surface area contributed by atoms with E-state index in [4.69, 9.17) is 27.9 Å². The Morgan fingerprint density at radius 3 is 2.63 bits per heavy atom. The number of aromatic nitrogens is 1. The van der Waals surface area contributed by atoms with Crippen molar-refractivity contribution in [1.82, 2.24) is 9.29 Å². The van der Waals surface area contributed by atoms with E-state index in [-0.39, 0.29) is 33.6 Å². The maximum Gasteiger partial charge on any atom is 0.257 e. The van der Waals surface area contributed by atoms with Gasteiger partial charge >= 0.3 is 0 Å². The number of fused-ring (bicyclic) bond motifs is 1. The fraction of sp³-hybridized carbons (Fsp3) is 0.263. The highest BCUT2D eigenvalue weighted by Crippen LogP contribution is 2.32. The molecule has 158 valence electrons. The van der Waals surface area contributed by atoms with Crippen LogP contribution < -0.4 is 5.32 Å². The molecule has 1 aliphatic rings. The summed E-state index contributed by atoms with van der Waals surface area (Å²) in [6.07, 6.45) is 0. The van der Waals surface area contributed by atoms with Crippen LogP contribution in [0.5, 0.6) is 0 Å². The lowest BCUT2D eigenvalue weighted by atomic mass is 10.2. The van der Waals surface area contributed by atoms with Crippen molar-refractivity contribution >= 4 is 66.4 Å². The molecular weight excluding hydrogens is 469 g/mol. The van der Waals surface area contributed by atoms with Crippen LogP contribution in [-0.4, -0.2) is 49.9 Å². The Morgan fingerprint density at radius 1 is 1.17 bits per heavy atom. The quantitative estimate of drug-likeness (QED) is 0.598. The van der Waals surface area contributed by atoms with Crippen LogP contribution in [0.2, 0.25) is 10.0 Å². The second-order valence-electron chi connectivity index (χ2n) is 6.65. The van der Waals surface area contributed by atoms with Crippen molar-refractivity contribution in [2.75, 3.05) is 31.6 Å². The monoisotopic (exact) mass is 485 g/mol. The van der Waals surface area contributed by atoms with Crippen LogP contribution in [0.4, 0.5) is 5.69 Å². The summed E-state index contributed by atoms with van der Waals surface area (Å²) < 4.78 is 33.4. The molecule has 7 nitrogen and oxygen atoms in total. The molecule has 0 atom stereocenters. The number of halogens is 2. The standard InChI is InChI=1S/C19H17Cl2N3O4S2/c1-11-22-16-3-2-12(8-17(16)29-11)23-19(25)13-9-18(15(21)10-14(13)20)30(26,27)24-4-6-28-7-5-24/h2-3,8-10H,4-7H2,1H3,(H,23,25). The Kier molecular flexibility index (Phi) is 6.02. The number of morpholine rings is 1. The van der Waals surface area contributed by atoms with Crippen LogP contribution >= 0.6 is 34.5 Å². The number of ether oxygens (including phenoxy) is 1. The number of anilines is 1. The second kappa shape index (κ2) is 8.41. The van der Waals surface area contributed by atoms with Crippen LogP contribution in [0.3, 0.4) is 0 Å². The Labute approximate surface area is 187 Å². The number of hydrogen-bond donors (Lipinski definition) is 1. The van der Waals surface area contributed by atoms with Gasteiger partial charge in [-0.2, -0.15) is 4.31 Å². The zero-order chi connectivity index (χ0) is 21.5. The van der Waals surface area contributed by atoms with Crippen LogP contribution in [0, 0.1) is 6.92 Å². The predicted octanol–water partition coefficient (Wildman–Crippen LogP) is 4.18. The minimum absolute atomic E-state index is 0.0217. The van der Waals surface area contributed by atoms with E-state index in [1.54, 1.807) is 6.07 Å². The first-order valence-corrected chi connectivity index (χ1v) is 12.0. The number of hydrogen-bond acceptors (Lipinski definition) is 6. The summed E-state index contributed by atoms with van der Waals surface area (Å²) in [5.41, 5.74) is 1.42. The topological polar surface area (TPSA) is 88.6 Å². The Balaban J connectivity index is 1.65. The summed E-state index contributed by atoms with van der Waals surface area (Å²) >= 11 is 13.9. The van der Waals surface area contributed by atoms with Gasteiger partial charge in [0.15, 0.2) is 0 Å². The molecule has 0 unspecified atom stereocenters. The summed E-state index contributed by atoms with van der Waals surface area (Å²) in [4.78, 5) is 17.1. The molecule has 0 aliphatic carbocycles. The summed E-state index contributed by atoms with van der Waals surface area (Å²) in [6, 6.07) is 7.86. The highest BCUT2D eigenvalue weighted by molar-refractivity contribution is 7.89. The van der Waals surface area contributed by atoms with Gasteiger partial charge in [-0.25, -0.2) is 13.4 Å². The molecule has 3 aromatic rings. The number of benzene rings is 2. The van der Waals surface area contributed by atoms with E-state index in [0.717, 1.165) is 15.2 Å². The van der Waals surface area contributed by atoms with Gasteiger partial charge in [0, 0.05) is 18.8 Å². The number of amides is 1. The van der Waals surface area contributed by atoms with E-state index < -0.39 is 15.9 Å². The molecule has 1 aromatic heterocycles. The van der Waals surface area contributed by atoms with Crippen molar-refractivity contribution in [3.63, 3.8) is 0 Å². The van der Waals surface area contributed by atoms with Crippen LogP contribution in [-0.2, 0) is 14.8 Å². The van der Waals surface area contributed by atoms with Crippen LogP contribution in [0.15, 0.2) is 35.2 Å². The number of sulfonamides is 1. The third kappa shape index (κ3) is 4.18. The van der Waals surface area contributed by atoms with E-state index in [9.17, 15) is 13.2 Å². The van der Waals surface area contributed by atoms with Crippen LogP contribution in [0.25, 0.3) is 10.2 Å². The van der Waals surface area contributed by atoms with E-state index >= 15 is 0 Å². The zero-order valence-corrected chi connectivity index (χ0v) is 19.0. The lowest BCUT2D eigenvalue weighted by Gasteiger charge is -2.26. The maximum atomic E-state index is 13.0. The maximum absolute atomic E-state index is 13.0. The minimum Gasteiger partial charge on any atom is -0.379 e.